The minimum absolute atomic E-state index is 0.149. The Labute approximate surface area is 141 Å². The van der Waals surface area contributed by atoms with E-state index in [0.29, 0.717) is 16.7 Å². The average Bonchev–Trinajstić information content (AvgIpc) is 2.46. The molecule has 0 amide bonds. The molecule has 2 rings (SSSR count). The minimum Gasteiger partial charge on any atom is -0.258 e. The normalized spacial score (nSPS) is 11.4. The molecule has 10 heteroatoms. The quantitative estimate of drug-likeness (QED) is 0.636. The molecule has 0 saturated carbocycles. The van der Waals surface area contributed by atoms with Crippen LogP contribution in [-0.4, -0.2) is 13.3 Å². The summed E-state index contributed by atoms with van der Waals surface area (Å²) in [4.78, 5) is 9.26. The predicted molar refractivity (Wildman–Crippen MR) is 83.5 cm³/mol. The van der Waals surface area contributed by atoms with Crippen LogP contribution in [0.15, 0.2) is 41.3 Å². The molecule has 1 N–H and O–H groups in total. The fraction of sp³-hybridized carbons (Fsp3) is 0.0769. The van der Waals surface area contributed by atoms with Gasteiger partial charge in [-0.1, -0.05) is 29.3 Å². The molecule has 0 atom stereocenters. The van der Waals surface area contributed by atoms with E-state index in [1.165, 1.54) is 6.07 Å². The Morgan fingerprint density at radius 2 is 1.87 bits per heavy atom. The van der Waals surface area contributed by atoms with E-state index in [1.54, 1.807) is 12.1 Å². The molecule has 6 nitrogen and oxygen atoms in total. The van der Waals surface area contributed by atoms with Crippen molar-refractivity contribution in [2.45, 2.75) is 11.4 Å². The molecule has 0 saturated heterocycles. The van der Waals surface area contributed by atoms with Crippen LogP contribution < -0.4 is 4.72 Å². The van der Waals surface area contributed by atoms with Gasteiger partial charge in [0.2, 0.25) is 15.8 Å². The number of nitro benzene ring substituents is 1. The monoisotopic (exact) mass is 378 g/mol. The van der Waals surface area contributed by atoms with Gasteiger partial charge in [-0.15, -0.1) is 0 Å². The van der Waals surface area contributed by atoms with Crippen molar-refractivity contribution in [3.63, 3.8) is 0 Å². The third kappa shape index (κ3) is 4.17. The highest BCUT2D eigenvalue weighted by Gasteiger charge is 2.21. The molecule has 0 heterocycles. The number of nitro groups is 1. The summed E-state index contributed by atoms with van der Waals surface area (Å²) < 4.78 is 39.8. The number of nitrogens with one attached hydrogen (secondary N) is 1. The van der Waals surface area contributed by atoms with Gasteiger partial charge in [0.1, 0.15) is 0 Å². The first-order valence-electron chi connectivity index (χ1n) is 6.08. The number of hydrogen-bond donors (Lipinski definition) is 1. The van der Waals surface area contributed by atoms with Gasteiger partial charge in [-0.2, -0.15) is 4.39 Å². The summed E-state index contributed by atoms with van der Waals surface area (Å²) >= 11 is 11.7. The van der Waals surface area contributed by atoms with Crippen LogP contribution in [-0.2, 0) is 16.6 Å². The number of nitrogens with zero attached hydrogens (tertiary/aromatic N) is 1. The second-order valence-electron chi connectivity index (χ2n) is 4.43. The molecule has 0 bridgehead atoms. The summed E-state index contributed by atoms with van der Waals surface area (Å²) in [7, 11) is -4.07. The van der Waals surface area contributed by atoms with Crippen molar-refractivity contribution in [2.75, 3.05) is 0 Å². The summed E-state index contributed by atoms with van der Waals surface area (Å²) in [6, 6.07) is 6.85. The number of benzene rings is 2. The Kier molecular flexibility index (Phi) is 5.20. The maximum atomic E-state index is 13.3. The summed E-state index contributed by atoms with van der Waals surface area (Å²) in [5.41, 5.74) is -0.450. The van der Waals surface area contributed by atoms with E-state index in [-0.39, 0.29) is 11.6 Å². The fourth-order valence-corrected chi connectivity index (χ4v) is 3.22. The first-order chi connectivity index (χ1) is 10.7. The number of halogens is 3. The summed E-state index contributed by atoms with van der Waals surface area (Å²) in [6.07, 6.45) is 0. The zero-order valence-electron chi connectivity index (χ0n) is 11.3. The minimum atomic E-state index is -4.07. The Morgan fingerprint density at radius 3 is 2.48 bits per heavy atom. The Bertz CT molecular complexity index is 874. The van der Waals surface area contributed by atoms with Crippen molar-refractivity contribution in [2.24, 2.45) is 0 Å². The highest BCUT2D eigenvalue weighted by molar-refractivity contribution is 7.89. The van der Waals surface area contributed by atoms with E-state index in [9.17, 15) is 22.9 Å². The second-order valence-corrected chi connectivity index (χ2v) is 7.04. The Morgan fingerprint density at radius 1 is 1.17 bits per heavy atom. The van der Waals surface area contributed by atoms with E-state index in [4.69, 9.17) is 23.2 Å². The van der Waals surface area contributed by atoms with Gasteiger partial charge < -0.3 is 0 Å². The van der Waals surface area contributed by atoms with Crippen molar-refractivity contribution >= 4 is 38.9 Å². The first kappa shape index (κ1) is 17.6. The lowest BCUT2D eigenvalue weighted by molar-refractivity contribution is -0.387. The van der Waals surface area contributed by atoms with E-state index < -0.39 is 31.3 Å². The standard InChI is InChI=1S/C13H9Cl2FN2O4S/c14-9-2-1-8(11(15)5-9)7-17-23(21,22)10-3-4-12(16)13(6-10)18(19)20/h1-6,17H,7H2. The maximum absolute atomic E-state index is 13.3. The molecule has 0 aliphatic carbocycles. The van der Waals surface area contributed by atoms with Crippen molar-refractivity contribution in [1.82, 2.24) is 4.72 Å². The molecular weight excluding hydrogens is 370 g/mol. The molecule has 0 unspecified atom stereocenters. The van der Waals surface area contributed by atoms with Gasteiger partial charge in [0.15, 0.2) is 0 Å². The number of hydrogen-bond acceptors (Lipinski definition) is 4. The van der Waals surface area contributed by atoms with Gasteiger partial charge in [-0.3, -0.25) is 10.1 Å². The second kappa shape index (κ2) is 6.79. The van der Waals surface area contributed by atoms with Crippen LogP contribution in [0.4, 0.5) is 10.1 Å². The van der Waals surface area contributed by atoms with Crippen molar-refractivity contribution in [3.05, 3.63) is 67.9 Å². The van der Waals surface area contributed by atoms with Gasteiger partial charge in [-0.05, 0) is 29.8 Å². The van der Waals surface area contributed by atoms with Crippen LogP contribution in [0, 0.1) is 15.9 Å². The highest BCUT2D eigenvalue weighted by Crippen LogP contribution is 2.23. The molecule has 2 aromatic rings. The molecule has 23 heavy (non-hydrogen) atoms. The van der Waals surface area contributed by atoms with E-state index >= 15 is 0 Å². The molecule has 122 valence electrons. The Balaban J connectivity index is 2.25. The number of sulfonamides is 1. The van der Waals surface area contributed by atoms with Gasteiger partial charge in [0.25, 0.3) is 0 Å². The lowest BCUT2D eigenvalue weighted by Crippen LogP contribution is -2.23. The van der Waals surface area contributed by atoms with Crippen LogP contribution in [0.3, 0.4) is 0 Å². The summed E-state index contributed by atoms with van der Waals surface area (Å²) in [5, 5.41) is 11.3. The lowest BCUT2D eigenvalue weighted by atomic mass is 10.2. The van der Waals surface area contributed by atoms with Crippen LogP contribution in [0.25, 0.3) is 0 Å². The maximum Gasteiger partial charge on any atom is 0.306 e. The van der Waals surface area contributed by atoms with Crippen molar-refractivity contribution in [1.29, 1.82) is 0 Å². The van der Waals surface area contributed by atoms with Crippen LogP contribution in [0.5, 0.6) is 0 Å². The Hall–Kier alpha value is -1.74. The third-order valence-corrected chi connectivity index (χ3v) is 4.88. The van der Waals surface area contributed by atoms with Crippen LogP contribution in [0.1, 0.15) is 5.56 Å². The molecule has 2 aromatic carbocycles. The van der Waals surface area contributed by atoms with E-state index in [2.05, 4.69) is 4.72 Å². The zero-order valence-corrected chi connectivity index (χ0v) is 13.6. The first-order valence-corrected chi connectivity index (χ1v) is 8.32. The molecule has 0 aliphatic heterocycles. The van der Waals surface area contributed by atoms with Gasteiger partial charge in [0.05, 0.1) is 9.82 Å². The summed E-state index contributed by atoms with van der Waals surface area (Å²) in [6.45, 7) is -0.149. The predicted octanol–water partition coefficient (Wildman–Crippen LogP) is 3.52. The molecule has 0 aliphatic rings. The SMILES string of the molecule is O=[N+]([O-])c1cc(S(=O)(=O)NCc2ccc(Cl)cc2Cl)ccc1F. The topological polar surface area (TPSA) is 89.3 Å². The van der Waals surface area contributed by atoms with Crippen LogP contribution >= 0.6 is 23.2 Å². The third-order valence-electron chi connectivity index (χ3n) is 2.89. The number of rotatable bonds is 5. The molecular formula is C13H9Cl2FN2O4S. The van der Waals surface area contributed by atoms with Gasteiger partial charge >= 0.3 is 5.69 Å². The average molecular weight is 379 g/mol. The smallest absolute Gasteiger partial charge is 0.258 e. The largest absolute Gasteiger partial charge is 0.306 e. The molecule has 0 spiro atoms. The molecule has 0 aromatic heterocycles. The lowest BCUT2D eigenvalue weighted by Gasteiger charge is -2.08. The van der Waals surface area contributed by atoms with Crippen molar-refractivity contribution in [3.8, 4) is 0 Å². The molecule has 0 radical (unpaired) electrons. The summed E-state index contributed by atoms with van der Waals surface area (Å²) in [5.74, 6) is -1.12. The molecule has 0 fully saturated rings. The van der Waals surface area contributed by atoms with E-state index in [0.717, 1.165) is 12.1 Å². The highest BCUT2D eigenvalue weighted by atomic mass is 35.5. The van der Waals surface area contributed by atoms with Gasteiger partial charge in [-0.25, -0.2) is 13.1 Å². The van der Waals surface area contributed by atoms with Crippen molar-refractivity contribution < 1.29 is 17.7 Å². The van der Waals surface area contributed by atoms with Gasteiger partial charge in [0, 0.05) is 22.7 Å². The fourth-order valence-electron chi connectivity index (χ4n) is 1.72. The van der Waals surface area contributed by atoms with Crippen LogP contribution in [0.2, 0.25) is 10.0 Å². The van der Waals surface area contributed by atoms with E-state index in [1.807, 2.05) is 0 Å². The zero-order chi connectivity index (χ0) is 17.2.